The van der Waals surface area contributed by atoms with Crippen LogP contribution in [0.4, 0.5) is 0 Å². The Morgan fingerprint density at radius 1 is 1.15 bits per heavy atom. The van der Waals surface area contributed by atoms with E-state index in [0.717, 1.165) is 11.3 Å². The van der Waals surface area contributed by atoms with Gasteiger partial charge in [-0.1, -0.05) is 30.3 Å². The van der Waals surface area contributed by atoms with E-state index in [1.54, 1.807) is 41.7 Å². The van der Waals surface area contributed by atoms with Crippen molar-refractivity contribution in [3.05, 3.63) is 72.1 Å². The number of hydrogen-bond acceptors (Lipinski definition) is 4. The fourth-order valence-corrected chi connectivity index (χ4v) is 3.03. The molecule has 3 rings (SSSR count). The van der Waals surface area contributed by atoms with Crippen LogP contribution in [0.1, 0.15) is 16.1 Å². The van der Waals surface area contributed by atoms with Crippen LogP contribution in [0.5, 0.6) is 5.75 Å². The van der Waals surface area contributed by atoms with E-state index in [9.17, 15) is 4.79 Å². The van der Waals surface area contributed by atoms with E-state index in [4.69, 9.17) is 4.74 Å². The minimum atomic E-state index is -0.175. The molecule has 0 atom stereocenters. The summed E-state index contributed by atoms with van der Waals surface area (Å²) < 4.78 is 7.03. The molecule has 6 heteroatoms. The lowest BCUT2D eigenvalue weighted by Gasteiger charge is -2.16. The van der Waals surface area contributed by atoms with Gasteiger partial charge in [0.1, 0.15) is 0 Å². The van der Waals surface area contributed by atoms with Gasteiger partial charge >= 0.3 is 0 Å². The zero-order valence-electron chi connectivity index (χ0n) is 15.0. The van der Waals surface area contributed by atoms with Crippen LogP contribution in [0.15, 0.2) is 65.7 Å². The van der Waals surface area contributed by atoms with Gasteiger partial charge in [0.2, 0.25) is 0 Å². The second-order valence-corrected chi connectivity index (χ2v) is 6.72. The average Bonchev–Trinajstić information content (AvgIpc) is 3.13. The Morgan fingerprint density at radius 2 is 1.85 bits per heavy atom. The molecule has 1 aromatic heterocycles. The van der Waals surface area contributed by atoms with E-state index < -0.39 is 0 Å². The molecule has 0 spiro atoms. The Bertz CT molecular complexity index is 876. The van der Waals surface area contributed by atoms with Gasteiger partial charge in [-0.2, -0.15) is 5.10 Å². The van der Waals surface area contributed by atoms with Gasteiger partial charge in [0.25, 0.3) is 5.91 Å². The minimum Gasteiger partial charge on any atom is -0.493 e. The van der Waals surface area contributed by atoms with Crippen molar-refractivity contribution in [1.29, 1.82) is 0 Å². The maximum Gasteiger partial charge on any atom is 0.278 e. The van der Waals surface area contributed by atoms with Crippen LogP contribution in [0, 0.1) is 0 Å². The van der Waals surface area contributed by atoms with Gasteiger partial charge in [0, 0.05) is 18.5 Å². The molecule has 3 aromatic rings. The average molecular weight is 367 g/mol. The lowest BCUT2D eigenvalue weighted by molar-refractivity contribution is 0.0775. The summed E-state index contributed by atoms with van der Waals surface area (Å²) in [6.45, 7) is 0.509. The molecule has 0 fully saturated rings. The van der Waals surface area contributed by atoms with Crippen molar-refractivity contribution in [2.75, 3.05) is 20.4 Å². The Morgan fingerprint density at radius 3 is 2.46 bits per heavy atom. The third-order valence-corrected chi connectivity index (χ3v) is 4.79. The smallest absolute Gasteiger partial charge is 0.278 e. The summed E-state index contributed by atoms with van der Waals surface area (Å²) in [6.07, 6.45) is 3.77. The molecule has 0 bridgehead atoms. The maximum absolute atomic E-state index is 12.9. The standard InChI is InChI=1S/C20H21N3O2S/c1-22(13-15-9-11-17(26-3)12-10-15)20(24)19-18(25-2)14-23(21-19)16-7-5-4-6-8-16/h4-12,14H,13H2,1-3H3. The van der Waals surface area contributed by atoms with Crippen molar-refractivity contribution < 1.29 is 9.53 Å². The Labute approximate surface area is 157 Å². The highest BCUT2D eigenvalue weighted by molar-refractivity contribution is 7.98. The molecular weight excluding hydrogens is 346 g/mol. The molecule has 0 aliphatic heterocycles. The van der Waals surface area contributed by atoms with Crippen molar-refractivity contribution in [1.82, 2.24) is 14.7 Å². The Balaban J connectivity index is 1.80. The van der Waals surface area contributed by atoms with E-state index in [2.05, 4.69) is 17.2 Å². The van der Waals surface area contributed by atoms with Gasteiger partial charge < -0.3 is 9.64 Å². The number of rotatable bonds is 6. The van der Waals surface area contributed by atoms with Gasteiger partial charge in [0.05, 0.1) is 19.0 Å². The molecule has 0 saturated carbocycles. The molecule has 0 aliphatic rings. The highest BCUT2D eigenvalue weighted by Gasteiger charge is 2.22. The van der Waals surface area contributed by atoms with Gasteiger partial charge in [-0.3, -0.25) is 4.79 Å². The largest absolute Gasteiger partial charge is 0.493 e. The van der Waals surface area contributed by atoms with Crippen molar-refractivity contribution in [3.63, 3.8) is 0 Å². The van der Waals surface area contributed by atoms with Gasteiger partial charge in [-0.25, -0.2) is 4.68 Å². The third-order valence-electron chi connectivity index (χ3n) is 4.05. The molecule has 0 saturated heterocycles. The number of methoxy groups -OCH3 is 1. The van der Waals surface area contributed by atoms with E-state index in [1.807, 2.05) is 48.7 Å². The molecule has 134 valence electrons. The van der Waals surface area contributed by atoms with Gasteiger partial charge in [-0.15, -0.1) is 11.8 Å². The summed E-state index contributed by atoms with van der Waals surface area (Å²) in [6, 6.07) is 17.8. The quantitative estimate of drug-likeness (QED) is 0.621. The first-order valence-electron chi connectivity index (χ1n) is 8.20. The molecule has 1 amide bonds. The number of carbonyl (C=O) groups is 1. The first-order chi connectivity index (χ1) is 12.6. The second kappa shape index (κ2) is 8.10. The number of carbonyl (C=O) groups excluding carboxylic acids is 1. The number of benzene rings is 2. The van der Waals surface area contributed by atoms with Crippen molar-refractivity contribution in [3.8, 4) is 11.4 Å². The molecule has 0 aliphatic carbocycles. The fourth-order valence-electron chi connectivity index (χ4n) is 2.63. The first kappa shape index (κ1) is 18.1. The molecule has 2 aromatic carbocycles. The summed E-state index contributed by atoms with van der Waals surface area (Å²) in [7, 11) is 3.32. The predicted molar refractivity (Wildman–Crippen MR) is 104 cm³/mol. The molecule has 0 N–H and O–H groups in total. The predicted octanol–water partition coefficient (Wildman–Crippen LogP) is 3.88. The summed E-state index contributed by atoms with van der Waals surface area (Å²) in [5.41, 5.74) is 2.25. The number of ether oxygens (including phenoxy) is 1. The normalized spacial score (nSPS) is 10.6. The van der Waals surface area contributed by atoms with Crippen molar-refractivity contribution in [2.45, 2.75) is 11.4 Å². The molecular formula is C20H21N3O2S. The molecule has 5 nitrogen and oxygen atoms in total. The number of nitrogens with zero attached hydrogens (tertiary/aromatic N) is 3. The van der Waals surface area contributed by atoms with Crippen molar-refractivity contribution in [2.24, 2.45) is 0 Å². The minimum absolute atomic E-state index is 0.175. The van der Waals surface area contributed by atoms with Crippen LogP contribution in [0.2, 0.25) is 0 Å². The zero-order chi connectivity index (χ0) is 18.5. The maximum atomic E-state index is 12.9. The lowest BCUT2D eigenvalue weighted by Crippen LogP contribution is -2.27. The van der Waals surface area contributed by atoms with Crippen LogP contribution >= 0.6 is 11.8 Å². The van der Waals surface area contributed by atoms with Crippen molar-refractivity contribution >= 4 is 17.7 Å². The Kier molecular flexibility index (Phi) is 5.63. The van der Waals surface area contributed by atoms with Gasteiger partial charge in [0.15, 0.2) is 11.4 Å². The highest BCUT2D eigenvalue weighted by atomic mass is 32.2. The van der Waals surface area contributed by atoms with Crippen LogP contribution in [0.3, 0.4) is 0 Å². The SMILES string of the molecule is COc1cn(-c2ccccc2)nc1C(=O)N(C)Cc1ccc(SC)cc1. The summed E-state index contributed by atoms with van der Waals surface area (Å²) >= 11 is 1.70. The van der Waals surface area contributed by atoms with E-state index in [0.29, 0.717) is 18.0 Å². The van der Waals surface area contributed by atoms with E-state index >= 15 is 0 Å². The fraction of sp³-hybridized carbons (Fsp3) is 0.200. The Hall–Kier alpha value is -2.73. The van der Waals surface area contributed by atoms with Crippen LogP contribution in [-0.4, -0.2) is 41.0 Å². The van der Waals surface area contributed by atoms with Crippen LogP contribution in [0.25, 0.3) is 5.69 Å². The summed E-state index contributed by atoms with van der Waals surface area (Å²) in [5, 5.41) is 4.44. The number of hydrogen-bond donors (Lipinski definition) is 0. The highest BCUT2D eigenvalue weighted by Crippen LogP contribution is 2.22. The molecule has 0 unspecified atom stereocenters. The number of aromatic nitrogens is 2. The molecule has 1 heterocycles. The summed E-state index contributed by atoms with van der Waals surface area (Å²) in [5.74, 6) is 0.286. The molecule has 26 heavy (non-hydrogen) atoms. The third kappa shape index (κ3) is 3.91. The lowest BCUT2D eigenvalue weighted by atomic mass is 10.2. The monoisotopic (exact) mass is 367 g/mol. The summed E-state index contributed by atoms with van der Waals surface area (Å²) in [4.78, 5) is 15.7. The second-order valence-electron chi connectivity index (χ2n) is 5.84. The number of amides is 1. The zero-order valence-corrected chi connectivity index (χ0v) is 15.9. The number of para-hydroxylation sites is 1. The first-order valence-corrected chi connectivity index (χ1v) is 9.42. The molecule has 0 radical (unpaired) electrons. The van der Waals surface area contributed by atoms with Crippen LogP contribution < -0.4 is 4.74 Å². The van der Waals surface area contributed by atoms with E-state index in [1.165, 1.54) is 4.90 Å². The van der Waals surface area contributed by atoms with E-state index in [-0.39, 0.29) is 5.91 Å². The number of thioether (sulfide) groups is 1. The van der Waals surface area contributed by atoms with Gasteiger partial charge in [-0.05, 0) is 36.1 Å². The van der Waals surface area contributed by atoms with Crippen LogP contribution in [-0.2, 0) is 6.54 Å². The topological polar surface area (TPSA) is 47.4 Å².